The third-order valence-corrected chi connectivity index (χ3v) is 5.72. The van der Waals surface area contributed by atoms with Gasteiger partial charge in [0.2, 0.25) is 0 Å². The molecule has 0 unspecified atom stereocenters. The Hall–Kier alpha value is -3.30. The summed E-state index contributed by atoms with van der Waals surface area (Å²) in [5, 5.41) is 12.3. The summed E-state index contributed by atoms with van der Waals surface area (Å²) in [6.45, 7) is 4.12. The van der Waals surface area contributed by atoms with Gasteiger partial charge in [0, 0.05) is 11.4 Å². The van der Waals surface area contributed by atoms with Crippen LogP contribution in [0.15, 0.2) is 77.7 Å². The zero-order valence-corrected chi connectivity index (χ0v) is 16.5. The highest BCUT2D eigenvalue weighted by Gasteiger charge is 2.14. The van der Waals surface area contributed by atoms with Crippen LogP contribution in [0.5, 0.6) is 0 Å². The minimum absolute atomic E-state index is 0.224. The molecule has 142 valence electrons. The van der Waals surface area contributed by atoms with Crippen LogP contribution in [-0.4, -0.2) is 8.42 Å². The predicted molar refractivity (Wildman–Crippen MR) is 112 cm³/mol. The van der Waals surface area contributed by atoms with Crippen LogP contribution >= 0.6 is 0 Å². The summed E-state index contributed by atoms with van der Waals surface area (Å²) in [6, 6.07) is 23.1. The average molecular weight is 391 g/mol. The van der Waals surface area contributed by atoms with E-state index in [1.807, 2.05) is 24.3 Å². The molecule has 3 aromatic carbocycles. The second kappa shape index (κ2) is 8.15. The number of para-hydroxylation sites is 1. The van der Waals surface area contributed by atoms with E-state index in [4.69, 9.17) is 5.26 Å². The van der Waals surface area contributed by atoms with E-state index in [1.165, 1.54) is 0 Å². The van der Waals surface area contributed by atoms with Crippen LogP contribution < -0.4 is 10.0 Å². The maximum atomic E-state index is 12.6. The molecule has 5 nitrogen and oxygen atoms in total. The molecule has 0 aliphatic carbocycles. The molecule has 6 heteroatoms. The first-order valence-electron chi connectivity index (χ1n) is 8.88. The Balaban J connectivity index is 1.74. The maximum absolute atomic E-state index is 12.6. The molecule has 0 spiro atoms. The third-order valence-electron chi connectivity index (χ3n) is 4.32. The number of rotatable bonds is 6. The fourth-order valence-corrected chi connectivity index (χ4v) is 3.77. The van der Waals surface area contributed by atoms with Gasteiger partial charge in [-0.1, -0.05) is 38.1 Å². The van der Waals surface area contributed by atoms with Crippen molar-refractivity contribution in [3.8, 4) is 6.07 Å². The van der Waals surface area contributed by atoms with Crippen molar-refractivity contribution in [3.05, 3.63) is 83.9 Å². The first-order valence-corrected chi connectivity index (χ1v) is 10.4. The lowest BCUT2D eigenvalue weighted by Crippen LogP contribution is -2.13. The third kappa shape index (κ3) is 4.51. The number of anilines is 3. The van der Waals surface area contributed by atoms with E-state index in [0.717, 1.165) is 11.3 Å². The summed E-state index contributed by atoms with van der Waals surface area (Å²) >= 11 is 0. The number of hydrogen-bond donors (Lipinski definition) is 2. The number of hydrogen-bond acceptors (Lipinski definition) is 4. The molecule has 3 rings (SSSR count). The number of nitriles is 1. The molecule has 0 atom stereocenters. The van der Waals surface area contributed by atoms with Gasteiger partial charge in [-0.25, -0.2) is 8.42 Å². The lowest BCUT2D eigenvalue weighted by atomic mass is 10.0. The zero-order chi connectivity index (χ0) is 20.1. The summed E-state index contributed by atoms with van der Waals surface area (Å²) in [5.41, 5.74) is 3.55. The molecule has 0 aromatic heterocycles. The first kappa shape index (κ1) is 19.5. The topological polar surface area (TPSA) is 82.0 Å². The zero-order valence-electron chi connectivity index (χ0n) is 15.7. The van der Waals surface area contributed by atoms with Crippen molar-refractivity contribution in [2.75, 3.05) is 10.0 Å². The summed E-state index contributed by atoms with van der Waals surface area (Å²) in [6.07, 6.45) is 0. The van der Waals surface area contributed by atoms with Crippen molar-refractivity contribution < 1.29 is 8.42 Å². The van der Waals surface area contributed by atoms with Crippen LogP contribution in [0.1, 0.15) is 30.9 Å². The van der Waals surface area contributed by atoms with Crippen LogP contribution in [0, 0.1) is 11.3 Å². The molecule has 0 heterocycles. The van der Waals surface area contributed by atoms with E-state index in [0.29, 0.717) is 22.9 Å². The molecule has 0 amide bonds. The van der Waals surface area contributed by atoms with E-state index in [1.54, 1.807) is 48.5 Å². The number of benzene rings is 3. The minimum atomic E-state index is -3.65. The Bertz CT molecular complexity index is 1100. The van der Waals surface area contributed by atoms with Gasteiger partial charge >= 0.3 is 0 Å². The van der Waals surface area contributed by atoms with Crippen LogP contribution in [0.25, 0.3) is 0 Å². The molecule has 28 heavy (non-hydrogen) atoms. The smallest absolute Gasteiger partial charge is 0.261 e. The molecule has 0 fully saturated rings. The summed E-state index contributed by atoms with van der Waals surface area (Å²) in [5.74, 6) is 0.343. The van der Waals surface area contributed by atoms with Crippen LogP contribution in [-0.2, 0) is 10.0 Å². The van der Waals surface area contributed by atoms with Gasteiger partial charge < -0.3 is 5.32 Å². The number of nitrogens with zero attached hydrogens (tertiary/aromatic N) is 1. The second-order valence-electron chi connectivity index (χ2n) is 6.69. The van der Waals surface area contributed by atoms with Gasteiger partial charge in [-0.2, -0.15) is 5.26 Å². The molecule has 0 bridgehead atoms. The van der Waals surface area contributed by atoms with E-state index in [-0.39, 0.29) is 4.90 Å². The average Bonchev–Trinajstić information content (AvgIpc) is 2.70. The Morgan fingerprint density at radius 3 is 2.07 bits per heavy atom. The first-order chi connectivity index (χ1) is 13.4. The molecule has 3 aromatic rings. The van der Waals surface area contributed by atoms with Crippen molar-refractivity contribution in [2.45, 2.75) is 24.7 Å². The Morgan fingerprint density at radius 1 is 0.857 bits per heavy atom. The van der Waals surface area contributed by atoms with Gasteiger partial charge in [-0.3, -0.25) is 4.72 Å². The fourth-order valence-electron chi connectivity index (χ4n) is 2.71. The van der Waals surface area contributed by atoms with Crippen molar-refractivity contribution in [1.29, 1.82) is 5.26 Å². The summed E-state index contributed by atoms with van der Waals surface area (Å²) < 4.78 is 27.7. The Labute approximate surface area is 165 Å². The van der Waals surface area contributed by atoms with Crippen molar-refractivity contribution in [2.24, 2.45) is 0 Å². The van der Waals surface area contributed by atoms with Gasteiger partial charge in [0.05, 0.1) is 16.1 Å². The Kier molecular flexibility index (Phi) is 5.67. The molecular formula is C22H21N3O2S. The molecular weight excluding hydrogens is 370 g/mol. The number of sulfonamides is 1. The fraction of sp³-hybridized carbons (Fsp3) is 0.136. The lowest BCUT2D eigenvalue weighted by molar-refractivity contribution is 0.601. The number of nitrogens with one attached hydrogen (secondary N) is 2. The molecule has 0 saturated heterocycles. The molecule has 0 saturated carbocycles. The summed E-state index contributed by atoms with van der Waals surface area (Å²) in [7, 11) is -3.65. The SMILES string of the molecule is CC(C)c1ccc(S(=O)(=O)Nc2ccc(Nc3ccccc3C#N)cc2)cc1. The van der Waals surface area contributed by atoms with Crippen molar-refractivity contribution in [3.63, 3.8) is 0 Å². The Morgan fingerprint density at radius 2 is 1.46 bits per heavy atom. The highest BCUT2D eigenvalue weighted by Crippen LogP contribution is 2.24. The van der Waals surface area contributed by atoms with E-state index in [9.17, 15) is 8.42 Å². The van der Waals surface area contributed by atoms with Crippen LogP contribution in [0.2, 0.25) is 0 Å². The largest absolute Gasteiger partial charge is 0.354 e. The van der Waals surface area contributed by atoms with Gasteiger partial charge in [0.1, 0.15) is 6.07 Å². The molecule has 0 aliphatic rings. The van der Waals surface area contributed by atoms with Gasteiger partial charge in [-0.15, -0.1) is 0 Å². The minimum Gasteiger partial charge on any atom is -0.354 e. The monoisotopic (exact) mass is 391 g/mol. The molecule has 0 radical (unpaired) electrons. The highest BCUT2D eigenvalue weighted by molar-refractivity contribution is 7.92. The second-order valence-corrected chi connectivity index (χ2v) is 8.37. The standard InChI is InChI=1S/C22H21N3O2S/c1-16(2)17-7-13-21(14-8-17)28(26,27)25-20-11-9-19(10-12-20)24-22-6-4-3-5-18(22)15-23/h3-14,16,24-25H,1-2H3. The van der Waals surface area contributed by atoms with Crippen LogP contribution in [0.4, 0.5) is 17.1 Å². The maximum Gasteiger partial charge on any atom is 0.261 e. The van der Waals surface area contributed by atoms with E-state index in [2.05, 4.69) is 30.0 Å². The van der Waals surface area contributed by atoms with E-state index >= 15 is 0 Å². The van der Waals surface area contributed by atoms with Crippen molar-refractivity contribution in [1.82, 2.24) is 0 Å². The highest BCUT2D eigenvalue weighted by atomic mass is 32.2. The predicted octanol–water partition coefficient (Wildman–Crippen LogP) is 5.23. The quantitative estimate of drug-likeness (QED) is 0.603. The van der Waals surface area contributed by atoms with Crippen molar-refractivity contribution >= 4 is 27.1 Å². The van der Waals surface area contributed by atoms with Crippen LogP contribution in [0.3, 0.4) is 0 Å². The van der Waals surface area contributed by atoms with Gasteiger partial charge in [0.25, 0.3) is 10.0 Å². The van der Waals surface area contributed by atoms with Gasteiger partial charge in [-0.05, 0) is 60.0 Å². The summed E-state index contributed by atoms with van der Waals surface area (Å²) in [4.78, 5) is 0.224. The van der Waals surface area contributed by atoms with E-state index < -0.39 is 10.0 Å². The lowest BCUT2D eigenvalue weighted by Gasteiger charge is -2.12. The molecule has 2 N–H and O–H groups in total. The molecule has 0 aliphatic heterocycles. The normalized spacial score (nSPS) is 11.1. The van der Waals surface area contributed by atoms with Gasteiger partial charge in [0.15, 0.2) is 0 Å².